The summed E-state index contributed by atoms with van der Waals surface area (Å²) < 4.78 is 27.1. The fourth-order valence-electron chi connectivity index (χ4n) is 4.48. The van der Waals surface area contributed by atoms with E-state index in [0.717, 1.165) is 11.3 Å². The molecule has 0 fully saturated rings. The Hall–Kier alpha value is -4.30. The van der Waals surface area contributed by atoms with E-state index in [4.69, 9.17) is 14.5 Å². The lowest BCUT2D eigenvalue weighted by molar-refractivity contribution is -0.138. The van der Waals surface area contributed by atoms with Gasteiger partial charge >= 0.3 is 5.97 Å². The topological polar surface area (TPSA) is 69.9 Å². The SMILES string of the molecule is CCOC(=O)C1=C(c2ccccc2)N=c2s/c(=C/c3ccc(OCC(C)C)cc3)c(=O)n2[C@@H]1c1ccc(F)cc1. The summed E-state index contributed by atoms with van der Waals surface area (Å²) >= 11 is 1.24. The van der Waals surface area contributed by atoms with Crippen LogP contribution in [-0.2, 0) is 9.53 Å². The minimum atomic E-state index is -0.847. The lowest BCUT2D eigenvalue weighted by atomic mass is 9.93. The molecule has 1 aliphatic rings. The summed E-state index contributed by atoms with van der Waals surface area (Å²) in [5.74, 6) is 0.179. The minimum Gasteiger partial charge on any atom is -0.493 e. The average molecular weight is 557 g/mol. The van der Waals surface area contributed by atoms with Crippen molar-refractivity contribution in [1.29, 1.82) is 0 Å². The smallest absolute Gasteiger partial charge is 0.338 e. The molecule has 0 radical (unpaired) electrons. The van der Waals surface area contributed by atoms with Crippen molar-refractivity contribution in [2.75, 3.05) is 13.2 Å². The van der Waals surface area contributed by atoms with Crippen molar-refractivity contribution < 1.29 is 18.7 Å². The maximum atomic E-state index is 13.9. The van der Waals surface area contributed by atoms with Gasteiger partial charge in [0.2, 0.25) is 0 Å². The highest BCUT2D eigenvalue weighted by Crippen LogP contribution is 2.35. The number of fused-ring (bicyclic) bond motifs is 1. The van der Waals surface area contributed by atoms with Crippen molar-refractivity contribution in [3.8, 4) is 5.75 Å². The molecule has 204 valence electrons. The van der Waals surface area contributed by atoms with Crippen LogP contribution in [0.5, 0.6) is 5.75 Å². The zero-order valence-corrected chi connectivity index (χ0v) is 23.3. The first-order valence-corrected chi connectivity index (χ1v) is 13.9. The van der Waals surface area contributed by atoms with Crippen molar-refractivity contribution in [3.05, 3.63) is 127 Å². The Morgan fingerprint density at radius 3 is 2.40 bits per heavy atom. The Morgan fingerprint density at radius 1 is 1.05 bits per heavy atom. The van der Waals surface area contributed by atoms with Crippen LogP contribution in [0.1, 0.15) is 43.5 Å². The number of thiazole rings is 1. The number of halogens is 1. The van der Waals surface area contributed by atoms with Gasteiger partial charge in [-0.15, -0.1) is 0 Å². The fourth-order valence-corrected chi connectivity index (χ4v) is 5.48. The first-order chi connectivity index (χ1) is 19.4. The lowest BCUT2D eigenvalue weighted by Crippen LogP contribution is -2.40. The van der Waals surface area contributed by atoms with Crippen molar-refractivity contribution in [3.63, 3.8) is 0 Å². The molecule has 8 heteroatoms. The summed E-state index contributed by atoms with van der Waals surface area (Å²) in [7, 11) is 0. The predicted octanol–water partition coefficient (Wildman–Crippen LogP) is 5.11. The molecule has 1 aliphatic heterocycles. The van der Waals surface area contributed by atoms with E-state index in [0.29, 0.717) is 38.7 Å². The van der Waals surface area contributed by atoms with Crippen LogP contribution in [0.25, 0.3) is 11.8 Å². The maximum absolute atomic E-state index is 13.9. The summed E-state index contributed by atoms with van der Waals surface area (Å²) in [5, 5.41) is 0. The van der Waals surface area contributed by atoms with Gasteiger partial charge in [0.25, 0.3) is 5.56 Å². The third-order valence-corrected chi connectivity index (χ3v) is 7.30. The number of benzene rings is 3. The van der Waals surface area contributed by atoms with Crippen LogP contribution in [0.3, 0.4) is 0 Å². The van der Waals surface area contributed by atoms with Gasteiger partial charge in [0.15, 0.2) is 4.80 Å². The molecule has 40 heavy (non-hydrogen) atoms. The number of hydrogen-bond acceptors (Lipinski definition) is 6. The molecular weight excluding hydrogens is 527 g/mol. The number of aromatic nitrogens is 1. The zero-order chi connectivity index (χ0) is 28.2. The van der Waals surface area contributed by atoms with Crippen LogP contribution in [0.4, 0.5) is 4.39 Å². The summed E-state index contributed by atoms with van der Waals surface area (Å²) in [6.45, 7) is 6.67. The second-order valence-electron chi connectivity index (χ2n) is 9.76. The van der Waals surface area contributed by atoms with E-state index < -0.39 is 17.8 Å². The third kappa shape index (κ3) is 5.67. The van der Waals surface area contributed by atoms with Gasteiger partial charge in [0, 0.05) is 5.56 Å². The van der Waals surface area contributed by atoms with Gasteiger partial charge in [0.1, 0.15) is 11.6 Å². The Balaban J connectivity index is 1.70. The van der Waals surface area contributed by atoms with E-state index in [1.807, 2.05) is 54.6 Å². The number of nitrogens with zero attached hydrogens (tertiary/aromatic N) is 2. The van der Waals surface area contributed by atoms with Crippen LogP contribution in [0.15, 0.2) is 94.2 Å². The number of carbonyl (C=O) groups excluding carboxylic acids is 1. The van der Waals surface area contributed by atoms with Crippen molar-refractivity contribution in [2.45, 2.75) is 26.8 Å². The van der Waals surface area contributed by atoms with Crippen molar-refractivity contribution in [1.82, 2.24) is 4.57 Å². The van der Waals surface area contributed by atoms with Gasteiger partial charge in [-0.3, -0.25) is 9.36 Å². The van der Waals surface area contributed by atoms with Crippen molar-refractivity contribution in [2.24, 2.45) is 10.9 Å². The standard InChI is InChI=1S/C32H29FN2O4S/c1-4-38-31(37)27-28(22-8-6-5-7-9-22)34-32-35(29(27)23-12-14-24(33)15-13-23)30(36)26(40-32)18-21-10-16-25(17-11-21)39-19-20(2)3/h5-18,20,29H,4,19H2,1-3H3/b26-18+/t29-/m1/s1. The molecule has 6 nitrogen and oxygen atoms in total. The fraction of sp³-hybridized carbons (Fsp3) is 0.219. The molecule has 0 spiro atoms. The summed E-state index contributed by atoms with van der Waals surface area (Å²) in [6, 6.07) is 21.8. The summed E-state index contributed by atoms with van der Waals surface area (Å²) in [6.07, 6.45) is 1.80. The molecular formula is C32H29FN2O4S. The number of carbonyl (C=O) groups is 1. The molecule has 0 unspecified atom stereocenters. The number of esters is 1. The van der Waals surface area contributed by atoms with Crippen LogP contribution in [0, 0.1) is 11.7 Å². The quantitative estimate of drug-likeness (QED) is 0.283. The molecule has 0 bridgehead atoms. The minimum absolute atomic E-state index is 0.155. The van der Waals surface area contributed by atoms with E-state index in [1.165, 1.54) is 28.0 Å². The van der Waals surface area contributed by atoms with Crippen LogP contribution in [-0.4, -0.2) is 23.8 Å². The molecule has 1 atom stereocenters. The van der Waals surface area contributed by atoms with Crippen molar-refractivity contribution >= 4 is 29.1 Å². The van der Waals surface area contributed by atoms with Crippen LogP contribution in [0.2, 0.25) is 0 Å². The van der Waals surface area contributed by atoms with Gasteiger partial charge in [-0.25, -0.2) is 14.2 Å². The first kappa shape index (κ1) is 27.3. The molecule has 0 saturated heterocycles. The molecule has 0 amide bonds. The summed E-state index contributed by atoms with van der Waals surface area (Å²) in [5.41, 5.74) is 2.47. The Labute approximate surface area is 235 Å². The largest absolute Gasteiger partial charge is 0.493 e. The maximum Gasteiger partial charge on any atom is 0.338 e. The van der Waals surface area contributed by atoms with Gasteiger partial charge in [0.05, 0.1) is 35.1 Å². The molecule has 5 rings (SSSR count). The highest BCUT2D eigenvalue weighted by molar-refractivity contribution is 7.07. The Bertz CT molecular complexity index is 1720. The van der Waals surface area contributed by atoms with E-state index in [9.17, 15) is 14.0 Å². The molecule has 0 aliphatic carbocycles. The van der Waals surface area contributed by atoms with E-state index in [-0.39, 0.29) is 17.7 Å². The normalized spacial score (nSPS) is 15.1. The first-order valence-electron chi connectivity index (χ1n) is 13.1. The number of ether oxygens (including phenoxy) is 2. The second kappa shape index (κ2) is 11.8. The third-order valence-electron chi connectivity index (χ3n) is 6.32. The lowest BCUT2D eigenvalue weighted by Gasteiger charge is -2.25. The second-order valence-corrected chi connectivity index (χ2v) is 10.8. The van der Waals surface area contributed by atoms with Gasteiger partial charge in [-0.05, 0) is 54.3 Å². The Kier molecular flexibility index (Phi) is 8.07. The molecule has 4 aromatic rings. The number of hydrogen-bond donors (Lipinski definition) is 0. The molecule has 1 aromatic heterocycles. The number of rotatable bonds is 8. The average Bonchev–Trinajstić information content (AvgIpc) is 3.27. The van der Waals surface area contributed by atoms with E-state index >= 15 is 0 Å². The highest BCUT2D eigenvalue weighted by atomic mass is 32.1. The van der Waals surface area contributed by atoms with Gasteiger partial charge in [-0.1, -0.05) is 79.8 Å². The van der Waals surface area contributed by atoms with E-state index in [1.54, 1.807) is 25.1 Å². The van der Waals surface area contributed by atoms with Gasteiger partial charge < -0.3 is 9.47 Å². The molecule has 3 aromatic carbocycles. The van der Waals surface area contributed by atoms with Crippen LogP contribution < -0.4 is 19.6 Å². The molecule has 0 N–H and O–H groups in total. The molecule has 0 saturated carbocycles. The van der Waals surface area contributed by atoms with Gasteiger partial charge in [-0.2, -0.15) is 0 Å². The van der Waals surface area contributed by atoms with Crippen LogP contribution >= 0.6 is 11.3 Å². The molecule has 2 heterocycles. The van der Waals surface area contributed by atoms with E-state index in [2.05, 4.69) is 13.8 Å². The summed E-state index contributed by atoms with van der Waals surface area (Å²) in [4.78, 5) is 32.6. The predicted molar refractivity (Wildman–Crippen MR) is 154 cm³/mol. The zero-order valence-electron chi connectivity index (χ0n) is 22.5. The highest BCUT2D eigenvalue weighted by Gasteiger charge is 2.35. The Morgan fingerprint density at radius 2 is 1.75 bits per heavy atom. The monoisotopic (exact) mass is 556 g/mol.